The monoisotopic (exact) mass is 232 g/mol. The van der Waals surface area contributed by atoms with E-state index in [1.165, 1.54) is 0 Å². The van der Waals surface area contributed by atoms with Crippen molar-refractivity contribution in [2.24, 2.45) is 0 Å². The van der Waals surface area contributed by atoms with Crippen LogP contribution in [0.3, 0.4) is 0 Å². The first kappa shape index (κ1) is 11.3. The average molecular weight is 232 g/mol. The van der Waals surface area contributed by atoms with Crippen molar-refractivity contribution < 1.29 is 19.0 Å². The van der Waals surface area contributed by atoms with Gasteiger partial charge >= 0.3 is 5.97 Å². The lowest BCUT2D eigenvalue weighted by atomic mass is 10.2. The molecule has 0 bridgehead atoms. The number of hydrogen-bond donors (Lipinski definition) is 0. The Balaban J connectivity index is 2.15. The Labute approximate surface area is 99.5 Å². The normalized spacial score (nSPS) is 12.6. The van der Waals surface area contributed by atoms with E-state index in [1.54, 1.807) is 18.2 Å². The molecule has 17 heavy (non-hydrogen) atoms. The van der Waals surface area contributed by atoms with E-state index < -0.39 is 5.97 Å². The van der Waals surface area contributed by atoms with Crippen LogP contribution < -0.4 is 9.47 Å². The van der Waals surface area contributed by atoms with Gasteiger partial charge < -0.3 is 14.2 Å². The Kier molecular flexibility index (Phi) is 3.51. The van der Waals surface area contributed by atoms with Crippen LogP contribution in [-0.4, -0.2) is 25.8 Å². The van der Waals surface area contributed by atoms with Gasteiger partial charge in [-0.2, -0.15) is 0 Å². The van der Waals surface area contributed by atoms with Gasteiger partial charge in [-0.25, -0.2) is 4.79 Å². The number of terminal acetylenes is 1. The van der Waals surface area contributed by atoms with Crippen LogP contribution in [0.1, 0.15) is 16.8 Å². The summed E-state index contributed by atoms with van der Waals surface area (Å²) in [5, 5.41) is 0. The molecule has 4 nitrogen and oxygen atoms in total. The number of rotatable bonds is 3. The van der Waals surface area contributed by atoms with Gasteiger partial charge in [0.15, 0.2) is 11.5 Å². The molecule has 1 aromatic rings. The quantitative estimate of drug-likeness (QED) is 0.451. The second kappa shape index (κ2) is 5.26. The summed E-state index contributed by atoms with van der Waals surface area (Å²) in [7, 11) is 0. The van der Waals surface area contributed by atoms with Crippen molar-refractivity contribution in [3.8, 4) is 23.8 Å². The van der Waals surface area contributed by atoms with Gasteiger partial charge in [0.2, 0.25) is 0 Å². The van der Waals surface area contributed by atoms with Crippen LogP contribution in [0, 0.1) is 12.3 Å². The summed E-state index contributed by atoms with van der Waals surface area (Å²) in [6.07, 6.45) is 5.48. The number of carbonyl (C=O) groups excluding carboxylic acids is 1. The molecule has 0 spiro atoms. The molecule has 0 aromatic heterocycles. The molecule has 0 radical (unpaired) electrons. The highest BCUT2D eigenvalue weighted by Crippen LogP contribution is 2.33. The second-order valence-corrected chi connectivity index (χ2v) is 3.42. The standard InChI is InChI=1S/C13H12O4/c1-2-3-7-17-13(14)10-5-4-6-11-12(10)16-9-8-15-11/h1,4-6H,3,7-9H2. The first-order chi connectivity index (χ1) is 8.33. The van der Waals surface area contributed by atoms with Crippen LogP contribution in [0.2, 0.25) is 0 Å². The van der Waals surface area contributed by atoms with E-state index in [0.29, 0.717) is 36.7 Å². The largest absolute Gasteiger partial charge is 0.486 e. The Hall–Kier alpha value is -2.15. The molecule has 2 rings (SSSR count). The topological polar surface area (TPSA) is 44.8 Å². The minimum absolute atomic E-state index is 0.208. The first-order valence-corrected chi connectivity index (χ1v) is 5.32. The van der Waals surface area contributed by atoms with Crippen LogP contribution in [0.5, 0.6) is 11.5 Å². The summed E-state index contributed by atoms with van der Waals surface area (Å²) in [6, 6.07) is 5.13. The van der Waals surface area contributed by atoms with E-state index in [4.69, 9.17) is 20.6 Å². The number of para-hydroxylation sites is 1. The number of esters is 1. The lowest BCUT2D eigenvalue weighted by Gasteiger charge is -2.20. The Morgan fingerprint density at radius 2 is 2.24 bits per heavy atom. The third-order valence-corrected chi connectivity index (χ3v) is 2.27. The summed E-state index contributed by atoms with van der Waals surface area (Å²) >= 11 is 0. The number of fused-ring (bicyclic) bond motifs is 1. The van der Waals surface area contributed by atoms with Crippen molar-refractivity contribution in [1.82, 2.24) is 0 Å². The number of carbonyl (C=O) groups is 1. The SMILES string of the molecule is C#CCCOC(=O)c1cccc2c1OCCO2. The fourth-order valence-corrected chi connectivity index (χ4v) is 1.51. The van der Waals surface area contributed by atoms with Crippen molar-refractivity contribution in [2.45, 2.75) is 6.42 Å². The van der Waals surface area contributed by atoms with E-state index in [-0.39, 0.29) is 6.61 Å². The molecular weight excluding hydrogens is 220 g/mol. The molecule has 1 heterocycles. The van der Waals surface area contributed by atoms with Crippen LogP contribution in [0.25, 0.3) is 0 Å². The van der Waals surface area contributed by atoms with E-state index in [1.807, 2.05) is 0 Å². The van der Waals surface area contributed by atoms with Gasteiger partial charge in [-0.1, -0.05) is 6.07 Å². The summed E-state index contributed by atoms with van der Waals surface area (Å²) < 4.78 is 15.8. The molecule has 0 saturated heterocycles. The van der Waals surface area contributed by atoms with Crippen molar-refractivity contribution >= 4 is 5.97 Å². The zero-order chi connectivity index (χ0) is 12.1. The maximum absolute atomic E-state index is 11.8. The number of ether oxygens (including phenoxy) is 3. The van der Waals surface area contributed by atoms with Gasteiger partial charge in [0.25, 0.3) is 0 Å². The van der Waals surface area contributed by atoms with E-state index in [0.717, 1.165) is 0 Å². The van der Waals surface area contributed by atoms with Gasteiger partial charge in [0.05, 0.1) is 0 Å². The van der Waals surface area contributed by atoms with Gasteiger partial charge in [0, 0.05) is 6.42 Å². The molecule has 0 fully saturated rings. The highest BCUT2D eigenvalue weighted by molar-refractivity contribution is 5.93. The summed E-state index contributed by atoms with van der Waals surface area (Å²) in [4.78, 5) is 11.8. The van der Waals surface area contributed by atoms with Crippen LogP contribution >= 0.6 is 0 Å². The summed E-state index contributed by atoms with van der Waals surface area (Å²) in [5.74, 6) is 2.98. The lowest BCUT2D eigenvalue weighted by molar-refractivity contribution is 0.0504. The van der Waals surface area contributed by atoms with E-state index in [2.05, 4.69) is 5.92 Å². The number of hydrogen-bond acceptors (Lipinski definition) is 4. The molecule has 0 aliphatic carbocycles. The minimum Gasteiger partial charge on any atom is -0.486 e. The zero-order valence-electron chi connectivity index (χ0n) is 9.27. The fraction of sp³-hybridized carbons (Fsp3) is 0.308. The van der Waals surface area contributed by atoms with Crippen molar-refractivity contribution in [2.75, 3.05) is 19.8 Å². The maximum atomic E-state index is 11.8. The van der Waals surface area contributed by atoms with Gasteiger partial charge in [-0.15, -0.1) is 12.3 Å². The molecule has 0 amide bonds. The highest BCUT2D eigenvalue weighted by atomic mass is 16.6. The van der Waals surface area contributed by atoms with Crippen LogP contribution in [0.15, 0.2) is 18.2 Å². The first-order valence-electron chi connectivity index (χ1n) is 5.32. The van der Waals surface area contributed by atoms with E-state index >= 15 is 0 Å². The van der Waals surface area contributed by atoms with Gasteiger partial charge in [0.1, 0.15) is 25.4 Å². The third kappa shape index (κ3) is 2.51. The predicted octanol–water partition coefficient (Wildman–Crippen LogP) is 1.64. The van der Waals surface area contributed by atoms with E-state index in [9.17, 15) is 4.79 Å². The molecule has 0 atom stereocenters. The highest BCUT2D eigenvalue weighted by Gasteiger charge is 2.20. The summed E-state index contributed by atoms with van der Waals surface area (Å²) in [6.45, 7) is 1.13. The molecule has 1 aliphatic heterocycles. The van der Waals surface area contributed by atoms with Crippen molar-refractivity contribution in [1.29, 1.82) is 0 Å². The van der Waals surface area contributed by atoms with Crippen LogP contribution in [-0.2, 0) is 4.74 Å². The number of benzene rings is 1. The molecular formula is C13H12O4. The van der Waals surface area contributed by atoms with Gasteiger partial charge in [-0.05, 0) is 12.1 Å². The summed E-state index contributed by atoms with van der Waals surface area (Å²) in [5.41, 5.74) is 0.374. The van der Waals surface area contributed by atoms with Crippen molar-refractivity contribution in [3.05, 3.63) is 23.8 Å². The fourth-order valence-electron chi connectivity index (χ4n) is 1.51. The molecule has 4 heteroatoms. The molecule has 1 aliphatic rings. The smallest absolute Gasteiger partial charge is 0.342 e. The Morgan fingerprint density at radius 3 is 3.06 bits per heavy atom. The molecule has 1 aromatic carbocycles. The van der Waals surface area contributed by atoms with Crippen LogP contribution in [0.4, 0.5) is 0 Å². The van der Waals surface area contributed by atoms with Crippen molar-refractivity contribution in [3.63, 3.8) is 0 Å². The predicted molar refractivity (Wildman–Crippen MR) is 61.2 cm³/mol. The molecule has 88 valence electrons. The lowest BCUT2D eigenvalue weighted by Crippen LogP contribution is -2.18. The Morgan fingerprint density at radius 1 is 1.41 bits per heavy atom. The molecule has 0 N–H and O–H groups in total. The average Bonchev–Trinajstić information content (AvgIpc) is 2.38. The molecule has 0 unspecified atom stereocenters. The maximum Gasteiger partial charge on any atom is 0.342 e. The minimum atomic E-state index is -0.442. The zero-order valence-corrected chi connectivity index (χ0v) is 9.27. The third-order valence-electron chi connectivity index (χ3n) is 2.27. The molecule has 0 saturated carbocycles. The van der Waals surface area contributed by atoms with Gasteiger partial charge in [-0.3, -0.25) is 0 Å². The Bertz CT molecular complexity index is 459. The second-order valence-electron chi connectivity index (χ2n) is 3.42.